The average molecular weight is 502 g/mol. The molecule has 0 spiro atoms. The normalized spacial score (nSPS) is 12.1. The van der Waals surface area contributed by atoms with Gasteiger partial charge in [-0.15, -0.1) is 22.7 Å². The molecule has 0 saturated heterocycles. The van der Waals surface area contributed by atoms with Crippen LogP contribution in [0.3, 0.4) is 0 Å². The third kappa shape index (κ3) is 4.49. The van der Waals surface area contributed by atoms with Gasteiger partial charge in [0.1, 0.15) is 50.6 Å². The number of hydrogen-bond donors (Lipinski definition) is 1. The van der Waals surface area contributed by atoms with Gasteiger partial charge in [-0.3, -0.25) is 0 Å². The molecule has 0 aliphatic carbocycles. The molecule has 170 valence electrons. The molecule has 5 rings (SSSR count). The first-order chi connectivity index (χ1) is 16.5. The topological polar surface area (TPSA) is 46.0 Å². The summed E-state index contributed by atoms with van der Waals surface area (Å²) in [5.74, 6) is 0. The van der Waals surface area contributed by atoms with Crippen LogP contribution in [0.1, 0.15) is 24.5 Å². The van der Waals surface area contributed by atoms with Gasteiger partial charge in [-0.05, 0) is 50.2 Å². The van der Waals surface area contributed by atoms with Gasteiger partial charge in [0.25, 0.3) is 0 Å². The first kappa shape index (κ1) is 23.1. The average Bonchev–Trinajstić information content (AvgIpc) is 3.54. The minimum absolute atomic E-state index is 0.707. The summed E-state index contributed by atoms with van der Waals surface area (Å²) in [6, 6.07) is 32.6. The van der Waals surface area contributed by atoms with Crippen LogP contribution in [0.2, 0.25) is 0 Å². The molecule has 34 heavy (non-hydrogen) atoms. The van der Waals surface area contributed by atoms with Crippen molar-refractivity contribution in [3.05, 3.63) is 112 Å². The molecular formula is C28H26N2OPS2+. The molecule has 5 aromatic rings. The summed E-state index contributed by atoms with van der Waals surface area (Å²) in [5.41, 5.74) is 0.960. The Morgan fingerprint density at radius 1 is 0.706 bits per heavy atom. The van der Waals surface area contributed by atoms with Crippen LogP contribution in [0.5, 0.6) is 0 Å². The van der Waals surface area contributed by atoms with E-state index in [1.807, 2.05) is 5.38 Å². The van der Waals surface area contributed by atoms with E-state index in [-0.39, 0.29) is 0 Å². The van der Waals surface area contributed by atoms with Crippen LogP contribution in [-0.4, -0.2) is 15.1 Å². The van der Waals surface area contributed by atoms with Crippen LogP contribution in [0, 0.1) is 0 Å². The van der Waals surface area contributed by atoms with Gasteiger partial charge >= 0.3 is 0 Å². The summed E-state index contributed by atoms with van der Waals surface area (Å²) in [6.45, 7) is 3.53. The maximum atomic E-state index is 10.3. The lowest BCUT2D eigenvalue weighted by atomic mass is 10.2. The molecule has 0 aliphatic rings. The van der Waals surface area contributed by atoms with Gasteiger partial charge in [-0.2, -0.15) is 0 Å². The zero-order valence-corrected chi connectivity index (χ0v) is 21.7. The second kappa shape index (κ2) is 9.52. The van der Waals surface area contributed by atoms with E-state index in [4.69, 9.17) is 4.98 Å². The Morgan fingerprint density at radius 2 is 1.21 bits per heavy atom. The molecule has 0 fully saturated rings. The van der Waals surface area contributed by atoms with E-state index in [9.17, 15) is 5.11 Å². The van der Waals surface area contributed by atoms with Crippen molar-refractivity contribution in [3.63, 3.8) is 0 Å². The van der Waals surface area contributed by atoms with Crippen molar-refractivity contribution in [2.75, 3.05) is 0 Å². The number of nitrogens with zero attached hydrogens (tertiary/aromatic N) is 2. The highest BCUT2D eigenvalue weighted by Gasteiger charge is 2.46. The lowest BCUT2D eigenvalue weighted by Crippen LogP contribution is -2.32. The number of hydrogen-bond acceptors (Lipinski definition) is 5. The van der Waals surface area contributed by atoms with Crippen LogP contribution in [0.4, 0.5) is 0 Å². The summed E-state index contributed by atoms with van der Waals surface area (Å²) in [6.07, 6.45) is 0.837. The molecule has 3 aromatic carbocycles. The first-order valence-electron chi connectivity index (χ1n) is 11.1. The molecule has 0 radical (unpaired) electrons. The number of aromatic nitrogens is 2. The molecule has 0 unspecified atom stereocenters. The highest BCUT2D eigenvalue weighted by atomic mass is 32.1. The lowest BCUT2D eigenvalue weighted by molar-refractivity contribution is 0.0783. The molecule has 1 N–H and O–H groups in total. The molecule has 0 bridgehead atoms. The molecule has 6 heteroatoms. The third-order valence-corrected chi connectivity index (χ3v) is 12.2. The van der Waals surface area contributed by atoms with Gasteiger partial charge < -0.3 is 5.11 Å². The second-order valence-corrected chi connectivity index (χ2v) is 13.9. The van der Waals surface area contributed by atoms with Crippen molar-refractivity contribution in [3.8, 4) is 10.7 Å². The number of aliphatic hydroxyl groups is 1. The van der Waals surface area contributed by atoms with Gasteiger partial charge in [0, 0.05) is 10.8 Å². The minimum Gasteiger partial charge on any atom is -0.383 e. The largest absolute Gasteiger partial charge is 0.383 e. The molecular weight excluding hydrogens is 475 g/mol. The van der Waals surface area contributed by atoms with Crippen molar-refractivity contribution in [2.45, 2.75) is 25.6 Å². The number of benzene rings is 3. The van der Waals surface area contributed by atoms with E-state index in [0.717, 1.165) is 22.6 Å². The monoisotopic (exact) mass is 501 g/mol. The molecule has 0 aliphatic heterocycles. The lowest BCUT2D eigenvalue weighted by Gasteiger charge is -2.27. The van der Waals surface area contributed by atoms with Crippen molar-refractivity contribution in [1.82, 2.24) is 9.97 Å². The van der Waals surface area contributed by atoms with Crippen molar-refractivity contribution >= 4 is 45.8 Å². The minimum atomic E-state index is -1.99. The van der Waals surface area contributed by atoms with E-state index in [1.54, 1.807) is 25.2 Å². The van der Waals surface area contributed by atoms with Crippen LogP contribution >= 0.6 is 29.9 Å². The third-order valence-electron chi connectivity index (χ3n) is 5.79. The van der Waals surface area contributed by atoms with Crippen LogP contribution in [-0.2, 0) is 11.8 Å². The Labute approximate surface area is 209 Å². The molecule has 0 atom stereocenters. The smallest absolute Gasteiger partial charge is 0.143 e. The van der Waals surface area contributed by atoms with Gasteiger partial charge in [-0.1, -0.05) is 54.6 Å². The van der Waals surface area contributed by atoms with E-state index in [1.165, 1.54) is 27.3 Å². The fourth-order valence-electron chi connectivity index (χ4n) is 4.16. The molecule has 0 saturated carbocycles. The first-order valence-corrected chi connectivity index (χ1v) is 14.9. The van der Waals surface area contributed by atoms with E-state index in [2.05, 4.69) is 101 Å². The van der Waals surface area contributed by atoms with Crippen molar-refractivity contribution < 1.29 is 5.11 Å². The number of thiazole rings is 2. The van der Waals surface area contributed by atoms with E-state index < -0.39 is 12.9 Å². The summed E-state index contributed by atoms with van der Waals surface area (Å²) >= 11 is 3.10. The zero-order chi connectivity index (χ0) is 23.6. The van der Waals surface area contributed by atoms with Crippen molar-refractivity contribution in [2.24, 2.45) is 0 Å². The Kier molecular flexibility index (Phi) is 6.46. The quantitative estimate of drug-likeness (QED) is 0.279. The summed E-state index contributed by atoms with van der Waals surface area (Å²) in [7, 11) is -1.99. The molecule has 3 nitrogen and oxygen atoms in total. The summed E-state index contributed by atoms with van der Waals surface area (Å²) in [5, 5.41) is 20.1. The van der Waals surface area contributed by atoms with Gasteiger partial charge in [0.15, 0.2) is 0 Å². The number of rotatable bonds is 7. The van der Waals surface area contributed by atoms with Gasteiger partial charge in [0.05, 0.1) is 5.69 Å². The summed E-state index contributed by atoms with van der Waals surface area (Å²) < 4.78 is 0. The Morgan fingerprint density at radius 3 is 1.65 bits per heavy atom. The predicted octanol–water partition coefficient (Wildman–Crippen LogP) is 5.99. The Balaban J connectivity index is 1.62. The van der Waals surface area contributed by atoms with Gasteiger partial charge in [-0.25, -0.2) is 9.97 Å². The van der Waals surface area contributed by atoms with Crippen LogP contribution in [0.25, 0.3) is 10.7 Å². The second-order valence-electron chi connectivity index (χ2n) is 8.72. The Bertz CT molecular complexity index is 1260. The van der Waals surface area contributed by atoms with E-state index in [0.29, 0.717) is 5.01 Å². The van der Waals surface area contributed by atoms with Gasteiger partial charge in [0.2, 0.25) is 0 Å². The zero-order valence-electron chi connectivity index (χ0n) is 19.1. The van der Waals surface area contributed by atoms with Crippen LogP contribution < -0.4 is 15.9 Å². The SMILES string of the molecule is CC(C)(O)c1nc(-c2nc(C[P+](c3ccccc3)(c3ccccc3)c3ccccc3)cs2)cs1. The summed E-state index contributed by atoms with van der Waals surface area (Å²) in [4.78, 5) is 9.71. The highest BCUT2D eigenvalue weighted by molar-refractivity contribution is 7.95. The molecule has 2 heterocycles. The predicted molar refractivity (Wildman–Crippen MR) is 147 cm³/mol. The molecule has 2 aromatic heterocycles. The Hall–Kier alpha value is -2.69. The van der Waals surface area contributed by atoms with E-state index >= 15 is 0 Å². The van der Waals surface area contributed by atoms with Crippen LogP contribution in [0.15, 0.2) is 102 Å². The van der Waals surface area contributed by atoms with Crippen molar-refractivity contribution in [1.29, 1.82) is 0 Å². The maximum Gasteiger partial charge on any atom is 0.143 e. The molecule has 0 amide bonds. The standard InChI is InChI=1S/C28H26N2OPS2/c1-28(2,31)27-30-25(20-34-27)26-29-21(19-33-26)18-32(22-12-6-3-7-13-22,23-14-8-4-9-15-23)24-16-10-5-11-17-24/h3-17,19-20,31H,18H2,1-2H3/q+1. The fraction of sp³-hybridized carbons (Fsp3) is 0.143. The maximum absolute atomic E-state index is 10.3. The fourth-order valence-corrected chi connectivity index (χ4v) is 10.1. The highest BCUT2D eigenvalue weighted by Crippen LogP contribution is 2.58.